The lowest BCUT2D eigenvalue weighted by molar-refractivity contribution is 0.383. The summed E-state index contributed by atoms with van der Waals surface area (Å²) in [5.41, 5.74) is 2.95. The number of rotatable bonds is 2. The van der Waals surface area contributed by atoms with E-state index in [0.717, 1.165) is 5.69 Å². The van der Waals surface area contributed by atoms with Crippen molar-refractivity contribution in [2.75, 3.05) is 5.48 Å². The summed E-state index contributed by atoms with van der Waals surface area (Å²) in [5.74, 6) is 0.804. The van der Waals surface area contributed by atoms with Gasteiger partial charge in [0.2, 0.25) is 5.95 Å². The summed E-state index contributed by atoms with van der Waals surface area (Å²) in [6.07, 6.45) is 1.70. The van der Waals surface area contributed by atoms with Gasteiger partial charge in [-0.1, -0.05) is 13.8 Å². The third-order valence-electron chi connectivity index (χ3n) is 1.32. The van der Waals surface area contributed by atoms with Gasteiger partial charge in [0.15, 0.2) is 0 Å². The van der Waals surface area contributed by atoms with Crippen LogP contribution in [0.1, 0.15) is 25.5 Å². The number of aromatic amines is 1. The zero-order valence-electron chi connectivity index (χ0n) is 6.05. The Hall–Kier alpha value is -1.03. The molecule has 0 aliphatic carbocycles. The maximum absolute atomic E-state index is 8.39. The van der Waals surface area contributed by atoms with Gasteiger partial charge in [0.05, 0.1) is 6.20 Å². The smallest absolute Gasteiger partial charge is 0.224 e. The fourth-order valence-electron chi connectivity index (χ4n) is 0.686. The molecule has 3 N–H and O–H groups in total. The van der Waals surface area contributed by atoms with Gasteiger partial charge in [0, 0.05) is 5.69 Å². The Labute approximate surface area is 59.3 Å². The highest BCUT2D eigenvalue weighted by atomic mass is 16.5. The molecule has 0 amide bonds. The van der Waals surface area contributed by atoms with Crippen LogP contribution < -0.4 is 5.48 Å². The number of hydrogen-bond acceptors (Lipinski definition) is 3. The standard InChI is InChI=1S/C6H11N3O/c1-4(2)5-3-7-6(8-5)9-10/h3-4,10H,1-2H3,(H2,7,8,9). The van der Waals surface area contributed by atoms with Crippen molar-refractivity contribution in [3.8, 4) is 0 Å². The van der Waals surface area contributed by atoms with Gasteiger partial charge in [-0.25, -0.2) is 10.5 Å². The van der Waals surface area contributed by atoms with Crippen LogP contribution in [0.5, 0.6) is 0 Å². The molecule has 56 valence electrons. The van der Waals surface area contributed by atoms with Gasteiger partial charge in [-0.3, -0.25) is 5.21 Å². The highest BCUT2D eigenvalue weighted by Gasteiger charge is 2.01. The van der Waals surface area contributed by atoms with Crippen molar-refractivity contribution in [3.63, 3.8) is 0 Å². The molecule has 1 rings (SSSR count). The minimum absolute atomic E-state index is 0.392. The second kappa shape index (κ2) is 2.70. The van der Waals surface area contributed by atoms with Crippen LogP contribution in [0.4, 0.5) is 5.95 Å². The van der Waals surface area contributed by atoms with Crippen LogP contribution in [0.25, 0.3) is 0 Å². The third kappa shape index (κ3) is 1.27. The second-order valence-electron chi connectivity index (χ2n) is 2.45. The van der Waals surface area contributed by atoms with Gasteiger partial charge in [-0.05, 0) is 5.92 Å². The van der Waals surface area contributed by atoms with E-state index in [2.05, 4.69) is 23.8 Å². The van der Waals surface area contributed by atoms with E-state index in [1.165, 1.54) is 0 Å². The Morgan fingerprint density at radius 1 is 1.70 bits per heavy atom. The monoisotopic (exact) mass is 141 g/mol. The van der Waals surface area contributed by atoms with Crippen LogP contribution in [0.3, 0.4) is 0 Å². The first kappa shape index (κ1) is 7.08. The summed E-state index contributed by atoms with van der Waals surface area (Å²) in [6, 6.07) is 0. The summed E-state index contributed by atoms with van der Waals surface area (Å²) < 4.78 is 0. The molecule has 1 aromatic heterocycles. The zero-order chi connectivity index (χ0) is 7.56. The van der Waals surface area contributed by atoms with E-state index in [9.17, 15) is 0 Å². The van der Waals surface area contributed by atoms with Crippen molar-refractivity contribution in [2.24, 2.45) is 0 Å². The lowest BCUT2D eigenvalue weighted by atomic mass is 10.2. The van der Waals surface area contributed by atoms with Crippen molar-refractivity contribution >= 4 is 5.95 Å². The van der Waals surface area contributed by atoms with E-state index in [0.29, 0.717) is 11.9 Å². The number of H-pyrrole nitrogens is 1. The fraction of sp³-hybridized carbons (Fsp3) is 0.500. The number of hydrogen-bond donors (Lipinski definition) is 3. The Balaban J connectivity index is 2.78. The van der Waals surface area contributed by atoms with Crippen molar-refractivity contribution < 1.29 is 5.21 Å². The van der Waals surface area contributed by atoms with Crippen LogP contribution in [-0.2, 0) is 0 Å². The molecule has 4 nitrogen and oxygen atoms in total. The van der Waals surface area contributed by atoms with Crippen molar-refractivity contribution in [1.29, 1.82) is 0 Å². The Kier molecular flexibility index (Phi) is 1.91. The summed E-state index contributed by atoms with van der Waals surface area (Å²) in [4.78, 5) is 6.73. The van der Waals surface area contributed by atoms with Crippen molar-refractivity contribution in [3.05, 3.63) is 11.9 Å². The van der Waals surface area contributed by atoms with Crippen LogP contribution in [0.2, 0.25) is 0 Å². The van der Waals surface area contributed by atoms with E-state index in [1.54, 1.807) is 6.20 Å². The third-order valence-corrected chi connectivity index (χ3v) is 1.32. The Morgan fingerprint density at radius 2 is 2.40 bits per heavy atom. The molecular formula is C6H11N3O. The number of aromatic nitrogens is 2. The molecule has 1 aromatic rings. The average Bonchev–Trinajstić information content (AvgIpc) is 2.34. The maximum Gasteiger partial charge on any atom is 0.224 e. The number of anilines is 1. The Bertz CT molecular complexity index is 207. The molecule has 4 heteroatoms. The Morgan fingerprint density at radius 3 is 2.70 bits per heavy atom. The normalized spacial score (nSPS) is 10.4. The molecule has 0 unspecified atom stereocenters. The predicted octanol–water partition coefficient (Wildman–Crippen LogP) is 1.33. The summed E-state index contributed by atoms with van der Waals surface area (Å²) in [6.45, 7) is 4.10. The van der Waals surface area contributed by atoms with E-state index in [1.807, 2.05) is 5.48 Å². The highest BCUT2D eigenvalue weighted by Crippen LogP contribution is 2.11. The van der Waals surface area contributed by atoms with E-state index < -0.39 is 0 Å². The van der Waals surface area contributed by atoms with Crippen molar-refractivity contribution in [1.82, 2.24) is 9.97 Å². The highest BCUT2D eigenvalue weighted by molar-refractivity contribution is 5.23. The quantitative estimate of drug-likeness (QED) is 0.544. The largest absolute Gasteiger partial charge is 0.326 e. The minimum atomic E-state index is 0.392. The first-order valence-corrected chi connectivity index (χ1v) is 3.19. The molecule has 0 saturated heterocycles. The van der Waals surface area contributed by atoms with Gasteiger partial charge in [-0.15, -0.1) is 0 Å². The van der Waals surface area contributed by atoms with Gasteiger partial charge >= 0.3 is 0 Å². The number of nitrogens with one attached hydrogen (secondary N) is 2. The minimum Gasteiger partial charge on any atom is -0.326 e. The molecule has 0 radical (unpaired) electrons. The summed E-state index contributed by atoms with van der Waals surface area (Å²) in [7, 11) is 0. The molecule has 0 aliphatic rings. The van der Waals surface area contributed by atoms with Crippen LogP contribution in [0.15, 0.2) is 6.20 Å². The van der Waals surface area contributed by atoms with E-state index >= 15 is 0 Å². The summed E-state index contributed by atoms with van der Waals surface area (Å²) >= 11 is 0. The summed E-state index contributed by atoms with van der Waals surface area (Å²) in [5, 5.41) is 8.39. The zero-order valence-corrected chi connectivity index (χ0v) is 6.05. The van der Waals surface area contributed by atoms with E-state index in [-0.39, 0.29) is 0 Å². The lowest BCUT2D eigenvalue weighted by Crippen LogP contribution is -1.91. The number of imidazole rings is 1. The molecule has 0 aliphatic heterocycles. The molecule has 10 heavy (non-hydrogen) atoms. The van der Waals surface area contributed by atoms with Gasteiger partial charge in [0.25, 0.3) is 0 Å². The van der Waals surface area contributed by atoms with Gasteiger partial charge in [0.1, 0.15) is 0 Å². The molecule has 0 fully saturated rings. The molecule has 0 aromatic carbocycles. The average molecular weight is 141 g/mol. The number of nitrogens with zero attached hydrogens (tertiary/aromatic N) is 1. The molecule has 1 heterocycles. The first-order chi connectivity index (χ1) is 4.74. The van der Waals surface area contributed by atoms with Crippen LogP contribution >= 0.6 is 0 Å². The maximum atomic E-state index is 8.39. The molecular weight excluding hydrogens is 130 g/mol. The second-order valence-corrected chi connectivity index (χ2v) is 2.45. The topological polar surface area (TPSA) is 60.9 Å². The molecule has 0 saturated carbocycles. The van der Waals surface area contributed by atoms with Crippen LogP contribution in [-0.4, -0.2) is 15.2 Å². The van der Waals surface area contributed by atoms with Gasteiger partial charge in [-0.2, -0.15) is 0 Å². The molecule has 0 spiro atoms. The fourth-order valence-corrected chi connectivity index (χ4v) is 0.686. The van der Waals surface area contributed by atoms with Gasteiger partial charge < -0.3 is 4.98 Å². The first-order valence-electron chi connectivity index (χ1n) is 3.19. The SMILES string of the molecule is CC(C)c1cnc(NO)[nH]1. The molecule has 0 atom stereocenters. The van der Waals surface area contributed by atoms with E-state index in [4.69, 9.17) is 5.21 Å². The molecule has 0 bridgehead atoms. The lowest BCUT2D eigenvalue weighted by Gasteiger charge is -1.97. The van der Waals surface area contributed by atoms with Crippen molar-refractivity contribution in [2.45, 2.75) is 19.8 Å². The van der Waals surface area contributed by atoms with Crippen LogP contribution in [0, 0.1) is 0 Å². The predicted molar refractivity (Wildman–Crippen MR) is 38.1 cm³/mol.